The van der Waals surface area contributed by atoms with Crippen molar-refractivity contribution in [2.75, 3.05) is 11.9 Å². The van der Waals surface area contributed by atoms with Crippen LogP contribution in [-0.2, 0) is 14.3 Å². The van der Waals surface area contributed by atoms with Gasteiger partial charge in [-0.1, -0.05) is 62.3 Å². The number of carbonyl (C=O) groups is 4. The molecule has 12 heteroatoms. The first-order chi connectivity index (χ1) is 15.0. The number of aryl methyl sites for hydroxylation is 1. The number of hydrogen-bond acceptors (Lipinski definition) is 5. The van der Waals surface area contributed by atoms with Crippen LogP contribution in [0.15, 0.2) is 22.7 Å². The van der Waals surface area contributed by atoms with E-state index in [0.717, 1.165) is 10.0 Å². The van der Waals surface area contributed by atoms with Gasteiger partial charge in [-0.05, 0) is 37.6 Å². The summed E-state index contributed by atoms with van der Waals surface area (Å²) in [7, 11) is 0. The van der Waals surface area contributed by atoms with Crippen LogP contribution in [0.5, 0.6) is 0 Å². The van der Waals surface area contributed by atoms with Crippen molar-refractivity contribution in [3.63, 3.8) is 0 Å². The number of halogens is 5. The van der Waals surface area contributed by atoms with Crippen molar-refractivity contribution in [2.45, 2.75) is 19.9 Å². The molecular formula is C20H13BrCl4N2O5. The van der Waals surface area contributed by atoms with Crippen molar-refractivity contribution >= 4 is 91.7 Å². The number of benzene rings is 2. The van der Waals surface area contributed by atoms with Gasteiger partial charge in [-0.3, -0.25) is 19.3 Å². The van der Waals surface area contributed by atoms with Crippen LogP contribution in [0.4, 0.5) is 5.69 Å². The van der Waals surface area contributed by atoms with Crippen LogP contribution in [0.3, 0.4) is 0 Å². The monoisotopic (exact) mass is 580 g/mol. The van der Waals surface area contributed by atoms with Crippen molar-refractivity contribution in [3.05, 3.63) is 59.5 Å². The maximum Gasteiger partial charge on any atom is 0.329 e. The van der Waals surface area contributed by atoms with E-state index in [4.69, 9.17) is 51.1 Å². The Morgan fingerprint density at radius 2 is 1.56 bits per heavy atom. The second-order valence-electron chi connectivity index (χ2n) is 6.78. The molecule has 0 radical (unpaired) electrons. The molecule has 0 bridgehead atoms. The minimum atomic E-state index is -1.37. The molecule has 1 aliphatic heterocycles. The molecular weight excluding hydrogens is 570 g/mol. The highest BCUT2D eigenvalue weighted by Gasteiger charge is 2.45. The molecule has 2 aromatic rings. The molecule has 32 heavy (non-hydrogen) atoms. The lowest BCUT2D eigenvalue weighted by Gasteiger charge is -2.20. The number of esters is 1. The summed E-state index contributed by atoms with van der Waals surface area (Å²) in [5.41, 5.74) is 0.910. The number of anilines is 1. The Kier molecular flexibility index (Phi) is 7.41. The van der Waals surface area contributed by atoms with Crippen LogP contribution in [-0.4, -0.2) is 41.2 Å². The van der Waals surface area contributed by atoms with Crippen LogP contribution in [0, 0.1) is 6.92 Å². The summed E-state index contributed by atoms with van der Waals surface area (Å²) in [6.07, 6.45) is 0. The van der Waals surface area contributed by atoms with Crippen LogP contribution in [0.25, 0.3) is 0 Å². The molecule has 0 spiro atoms. The fourth-order valence-electron chi connectivity index (χ4n) is 3.00. The van der Waals surface area contributed by atoms with E-state index in [1.807, 2.05) is 6.92 Å². The second-order valence-corrected chi connectivity index (χ2v) is 9.15. The highest BCUT2D eigenvalue weighted by atomic mass is 79.9. The highest BCUT2D eigenvalue weighted by molar-refractivity contribution is 9.10. The number of ether oxygens (including phenoxy) is 1. The zero-order valence-corrected chi connectivity index (χ0v) is 21.0. The Balaban J connectivity index is 1.70. The largest absolute Gasteiger partial charge is 0.454 e. The molecule has 168 valence electrons. The molecule has 3 amide bonds. The Morgan fingerprint density at radius 1 is 1.03 bits per heavy atom. The van der Waals surface area contributed by atoms with Crippen molar-refractivity contribution in [2.24, 2.45) is 0 Å². The molecule has 0 unspecified atom stereocenters. The lowest BCUT2D eigenvalue weighted by Crippen LogP contribution is -2.44. The third kappa shape index (κ3) is 4.47. The number of nitrogens with one attached hydrogen (secondary N) is 1. The summed E-state index contributed by atoms with van der Waals surface area (Å²) in [5, 5.41) is 1.72. The molecule has 7 nitrogen and oxygen atoms in total. The van der Waals surface area contributed by atoms with Gasteiger partial charge in [0.15, 0.2) is 6.61 Å². The van der Waals surface area contributed by atoms with E-state index >= 15 is 0 Å². The van der Waals surface area contributed by atoms with Crippen LogP contribution >= 0.6 is 62.3 Å². The summed E-state index contributed by atoms with van der Waals surface area (Å²) in [4.78, 5) is 50.8. The molecule has 0 saturated heterocycles. The van der Waals surface area contributed by atoms with E-state index in [0.29, 0.717) is 10.6 Å². The molecule has 0 aromatic heterocycles. The number of hydrogen-bond donors (Lipinski definition) is 1. The van der Waals surface area contributed by atoms with E-state index in [-0.39, 0.29) is 31.2 Å². The summed E-state index contributed by atoms with van der Waals surface area (Å²) in [6, 6.07) is 3.79. The molecule has 0 saturated carbocycles. The van der Waals surface area contributed by atoms with Gasteiger partial charge in [0.1, 0.15) is 6.04 Å². The number of carbonyl (C=O) groups excluding carboxylic acids is 4. The standard InChI is InChI=1S/C20H13BrCl4N2O5/c1-7-5-9(3-4-10(7)21)26-11(28)6-32-20(31)8(2)27-18(29)12-13(19(27)30)15(23)17(25)16(24)14(12)22/h3-5,8H,6H2,1-2H3,(H,26,28)/t8-/m1/s1. The minimum Gasteiger partial charge on any atom is -0.454 e. The first-order valence-corrected chi connectivity index (χ1v) is 11.2. The SMILES string of the molecule is Cc1cc(NC(=O)COC(=O)[C@@H](C)N2C(=O)c3c(Cl)c(Cl)c(Cl)c(Cl)c3C2=O)ccc1Br. The topological polar surface area (TPSA) is 92.8 Å². The average molecular weight is 583 g/mol. The average Bonchev–Trinajstić information content (AvgIpc) is 3.01. The van der Waals surface area contributed by atoms with E-state index in [9.17, 15) is 19.2 Å². The number of imide groups is 1. The molecule has 0 fully saturated rings. The number of nitrogens with zero attached hydrogens (tertiary/aromatic N) is 1. The summed E-state index contributed by atoms with van der Waals surface area (Å²) >= 11 is 27.5. The van der Waals surface area contributed by atoms with Gasteiger partial charge >= 0.3 is 5.97 Å². The normalized spacial score (nSPS) is 13.8. The fourth-order valence-corrected chi connectivity index (χ4v) is 4.26. The van der Waals surface area contributed by atoms with E-state index in [1.165, 1.54) is 6.92 Å². The zero-order valence-electron chi connectivity index (χ0n) is 16.4. The molecule has 1 aliphatic rings. The molecule has 0 aliphatic carbocycles. The van der Waals surface area contributed by atoms with Crippen LogP contribution in [0.2, 0.25) is 20.1 Å². The Labute approximate surface area is 211 Å². The van der Waals surface area contributed by atoms with Crippen molar-refractivity contribution < 1.29 is 23.9 Å². The summed E-state index contributed by atoms with van der Waals surface area (Å²) in [5.74, 6) is -3.34. The van der Waals surface area contributed by atoms with E-state index < -0.39 is 36.3 Å². The maximum atomic E-state index is 12.8. The van der Waals surface area contributed by atoms with Gasteiger partial charge in [0.25, 0.3) is 17.7 Å². The van der Waals surface area contributed by atoms with Gasteiger partial charge < -0.3 is 10.1 Å². The van der Waals surface area contributed by atoms with Gasteiger partial charge in [-0.15, -0.1) is 0 Å². The summed E-state index contributed by atoms with van der Waals surface area (Å²) in [6.45, 7) is 2.49. The predicted octanol–water partition coefficient (Wildman–Crippen LogP) is 5.54. The zero-order chi connectivity index (χ0) is 23.9. The predicted molar refractivity (Wildman–Crippen MR) is 125 cm³/mol. The van der Waals surface area contributed by atoms with Crippen LogP contribution in [0.1, 0.15) is 33.2 Å². The van der Waals surface area contributed by atoms with E-state index in [1.54, 1.807) is 18.2 Å². The Bertz CT molecular complexity index is 1140. The molecule has 1 atom stereocenters. The number of rotatable bonds is 5. The lowest BCUT2D eigenvalue weighted by atomic mass is 10.1. The van der Waals surface area contributed by atoms with Crippen molar-refractivity contribution in [1.82, 2.24) is 4.90 Å². The second kappa shape index (κ2) is 9.57. The summed E-state index contributed by atoms with van der Waals surface area (Å²) < 4.78 is 5.86. The van der Waals surface area contributed by atoms with Gasteiger partial charge in [0.2, 0.25) is 0 Å². The fraction of sp³-hybridized carbons (Fsp3) is 0.200. The molecule has 2 aromatic carbocycles. The van der Waals surface area contributed by atoms with Gasteiger partial charge in [-0.25, -0.2) is 4.79 Å². The van der Waals surface area contributed by atoms with Crippen molar-refractivity contribution in [3.8, 4) is 0 Å². The van der Waals surface area contributed by atoms with Gasteiger partial charge in [-0.2, -0.15) is 0 Å². The van der Waals surface area contributed by atoms with E-state index in [2.05, 4.69) is 21.2 Å². The quantitative estimate of drug-likeness (QED) is 0.216. The smallest absolute Gasteiger partial charge is 0.329 e. The third-order valence-corrected chi connectivity index (χ3v) is 7.34. The molecule has 1 heterocycles. The van der Waals surface area contributed by atoms with Crippen LogP contribution < -0.4 is 5.32 Å². The Morgan fingerprint density at radius 3 is 2.06 bits per heavy atom. The number of fused-ring (bicyclic) bond motifs is 1. The Hall–Kier alpha value is -1.84. The van der Waals surface area contributed by atoms with Gasteiger partial charge in [0, 0.05) is 10.2 Å². The minimum absolute atomic E-state index is 0.185. The first-order valence-electron chi connectivity index (χ1n) is 8.92. The maximum absolute atomic E-state index is 12.8. The lowest BCUT2D eigenvalue weighted by molar-refractivity contribution is -0.150. The third-order valence-electron chi connectivity index (χ3n) is 4.65. The molecule has 1 N–H and O–H groups in total. The number of amides is 3. The molecule has 3 rings (SSSR count). The van der Waals surface area contributed by atoms with Gasteiger partial charge in [0.05, 0.1) is 31.2 Å². The van der Waals surface area contributed by atoms with Crippen molar-refractivity contribution in [1.29, 1.82) is 0 Å². The highest BCUT2D eigenvalue weighted by Crippen LogP contribution is 2.45. The first kappa shape index (κ1) is 24.8.